The molecule has 3 heterocycles. The van der Waals surface area contributed by atoms with Gasteiger partial charge in [0.1, 0.15) is 11.5 Å². The van der Waals surface area contributed by atoms with Crippen molar-refractivity contribution < 1.29 is 9.47 Å². The molecule has 5 rings (SSSR count). The van der Waals surface area contributed by atoms with Crippen LogP contribution in [0.3, 0.4) is 0 Å². The number of aromatic nitrogens is 3. The predicted octanol–water partition coefficient (Wildman–Crippen LogP) is 6.35. The Bertz CT molecular complexity index is 1240. The summed E-state index contributed by atoms with van der Waals surface area (Å²) in [5.74, 6) is 2.50. The smallest absolute Gasteiger partial charge is 0.158 e. The lowest BCUT2D eigenvalue weighted by molar-refractivity contribution is 0.0437. The van der Waals surface area contributed by atoms with Gasteiger partial charge in [-0.25, -0.2) is 0 Å². The third-order valence-corrected chi connectivity index (χ3v) is 8.64. The van der Waals surface area contributed by atoms with Gasteiger partial charge in [0.2, 0.25) is 0 Å². The molecular weight excluding hydrogens is 462 g/mol. The second-order valence-corrected chi connectivity index (χ2v) is 10.8. The maximum absolute atomic E-state index is 5.81. The SMILES string of the molecule is CCOc1ccc(-n2c(C)c3c(C)nnc(NCC4(N5CCCCC5)CCCCC4)c3c2C)c(OC)c1. The fourth-order valence-electron chi connectivity index (χ4n) is 6.81. The van der Waals surface area contributed by atoms with Crippen molar-refractivity contribution >= 4 is 16.6 Å². The van der Waals surface area contributed by atoms with E-state index < -0.39 is 0 Å². The molecule has 1 aliphatic heterocycles. The number of nitrogens with zero attached hydrogens (tertiary/aromatic N) is 4. The van der Waals surface area contributed by atoms with Gasteiger partial charge in [-0.1, -0.05) is 25.7 Å². The molecule has 1 saturated heterocycles. The van der Waals surface area contributed by atoms with Crippen LogP contribution in [-0.2, 0) is 0 Å². The van der Waals surface area contributed by atoms with Gasteiger partial charge in [0, 0.05) is 40.3 Å². The Morgan fingerprint density at radius 1 is 0.919 bits per heavy atom. The lowest BCUT2D eigenvalue weighted by Gasteiger charge is -2.48. The summed E-state index contributed by atoms with van der Waals surface area (Å²) in [7, 11) is 1.72. The van der Waals surface area contributed by atoms with Crippen LogP contribution < -0.4 is 14.8 Å². The van der Waals surface area contributed by atoms with E-state index in [4.69, 9.17) is 14.6 Å². The summed E-state index contributed by atoms with van der Waals surface area (Å²) in [6.45, 7) is 12.4. The highest BCUT2D eigenvalue weighted by Crippen LogP contribution is 2.39. The Kier molecular flexibility index (Phi) is 7.61. The van der Waals surface area contributed by atoms with Crippen molar-refractivity contribution in [1.82, 2.24) is 19.7 Å². The molecule has 1 N–H and O–H groups in total. The molecule has 0 spiro atoms. The van der Waals surface area contributed by atoms with Crippen LogP contribution in [0, 0.1) is 20.8 Å². The summed E-state index contributed by atoms with van der Waals surface area (Å²) in [5.41, 5.74) is 4.47. The zero-order chi connectivity index (χ0) is 26.0. The van der Waals surface area contributed by atoms with Crippen molar-refractivity contribution in [1.29, 1.82) is 0 Å². The molecule has 1 aliphatic carbocycles. The number of likely N-dealkylation sites (tertiary alicyclic amines) is 1. The van der Waals surface area contributed by atoms with Crippen molar-refractivity contribution in [3.8, 4) is 17.2 Å². The summed E-state index contributed by atoms with van der Waals surface area (Å²) < 4.78 is 13.8. The minimum Gasteiger partial charge on any atom is -0.494 e. The Hall–Kier alpha value is -2.80. The first-order valence-corrected chi connectivity index (χ1v) is 14.1. The Morgan fingerprint density at radius 3 is 2.32 bits per heavy atom. The van der Waals surface area contributed by atoms with E-state index >= 15 is 0 Å². The number of fused-ring (bicyclic) bond motifs is 1. The molecule has 1 saturated carbocycles. The fourth-order valence-corrected chi connectivity index (χ4v) is 6.81. The van der Waals surface area contributed by atoms with E-state index in [0.29, 0.717) is 6.61 Å². The molecule has 0 radical (unpaired) electrons. The molecule has 200 valence electrons. The van der Waals surface area contributed by atoms with E-state index in [2.05, 4.69) is 46.7 Å². The number of piperidine rings is 1. The van der Waals surface area contributed by atoms with Crippen molar-refractivity contribution in [2.75, 3.05) is 38.7 Å². The maximum Gasteiger partial charge on any atom is 0.158 e. The summed E-state index contributed by atoms with van der Waals surface area (Å²) in [6, 6.07) is 6.06. The summed E-state index contributed by atoms with van der Waals surface area (Å²) in [5, 5.41) is 15.5. The number of benzene rings is 1. The second kappa shape index (κ2) is 10.9. The van der Waals surface area contributed by atoms with E-state index in [1.165, 1.54) is 69.8 Å². The number of aryl methyl sites for hydroxylation is 3. The van der Waals surface area contributed by atoms with Crippen LogP contribution in [0.5, 0.6) is 11.5 Å². The van der Waals surface area contributed by atoms with E-state index in [-0.39, 0.29) is 5.54 Å². The third kappa shape index (κ3) is 4.78. The van der Waals surface area contributed by atoms with Gasteiger partial charge in [-0.05, 0) is 78.6 Å². The van der Waals surface area contributed by atoms with Crippen LogP contribution in [0.15, 0.2) is 18.2 Å². The molecule has 0 bridgehead atoms. The molecule has 7 heteroatoms. The zero-order valence-corrected chi connectivity index (χ0v) is 23.3. The van der Waals surface area contributed by atoms with Gasteiger partial charge in [0.05, 0.1) is 25.1 Å². The Balaban J connectivity index is 1.54. The number of nitrogens with one attached hydrogen (secondary N) is 1. The number of ether oxygens (including phenoxy) is 2. The molecule has 0 unspecified atom stereocenters. The molecule has 0 amide bonds. The predicted molar refractivity (Wildman–Crippen MR) is 151 cm³/mol. The molecule has 2 fully saturated rings. The van der Waals surface area contributed by atoms with Gasteiger partial charge in [-0.3, -0.25) is 4.90 Å². The van der Waals surface area contributed by atoms with E-state index in [0.717, 1.165) is 52.0 Å². The monoisotopic (exact) mass is 505 g/mol. The summed E-state index contributed by atoms with van der Waals surface area (Å²) in [6.07, 6.45) is 10.5. The lowest BCUT2D eigenvalue weighted by Crippen LogP contribution is -2.56. The van der Waals surface area contributed by atoms with Gasteiger partial charge in [0.15, 0.2) is 5.82 Å². The normalized spacial score (nSPS) is 18.2. The van der Waals surface area contributed by atoms with Crippen LogP contribution in [0.4, 0.5) is 5.82 Å². The third-order valence-electron chi connectivity index (χ3n) is 8.64. The van der Waals surface area contributed by atoms with Crippen LogP contribution in [0.25, 0.3) is 16.5 Å². The van der Waals surface area contributed by atoms with E-state index in [1.54, 1.807) is 7.11 Å². The van der Waals surface area contributed by atoms with Crippen LogP contribution in [-0.4, -0.2) is 58.6 Å². The molecule has 7 nitrogen and oxygen atoms in total. The molecule has 2 aromatic heterocycles. The molecule has 37 heavy (non-hydrogen) atoms. The molecule has 0 atom stereocenters. The van der Waals surface area contributed by atoms with Gasteiger partial charge in [-0.2, -0.15) is 5.10 Å². The van der Waals surface area contributed by atoms with Gasteiger partial charge < -0.3 is 19.4 Å². The van der Waals surface area contributed by atoms with E-state index in [1.807, 2.05) is 19.1 Å². The highest BCUT2D eigenvalue weighted by Gasteiger charge is 2.38. The highest BCUT2D eigenvalue weighted by molar-refractivity contribution is 5.98. The minimum atomic E-state index is 0.224. The van der Waals surface area contributed by atoms with Crippen molar-refractivity contribution in [3.63, 3.8) is 0 Å². The summed E-state index contributed by atoms with van der Waals surface area (Å²) >= 11 is 0. The number of rotatable bonds is 8. The van der Waals surface area contributed by atoms with Crippen molar-refractivity contribution in [2.45, 2.75) is 84.6 Å². The highest BCUT2D eigenvalue weighted by atomic mass is 16.5. The second-order valence-electron chi connectivity index (χ2n) is 10.8. The largest absolute Gasteiger partial charge is 0.494 e. The number of methoxy groups -OCH3 is 1. The molecule has 2 aliphatic rings. The average Bonchev–Trinajstić information content (AvgIpc) is 3.20. The first-order valence-electron chi connectivity index (χ1n) is 14.1. The number of hydrogen-bond donors (Lipinski definition) is 1. The Labute approximate surface area is 221 Å². The standard InChI is InChI=1S/C30H43N5O2/c1-6-37-24-13-14-25(26(19-24)36-5)35-22(3)27-21(2)32-33-29(28(27)23(35)4)31-20-30(15-9-7-10-16-30)34-17-11-8-12-18-34/h13-14,19H,6-12,15-18,20H2,1-5H3,(H,31,33). The fraction of sp³-hybridized carbons (Fsp3) is 0.600. The number of anilines is 1. The average molecular weight is 506 g/mol. The summed E-state index contributed by atoms with van der Waals surface area (Å²) in [4.78, 5) is 2.79. The van der Waals surface area contributed by atoms with Crippen molar-refractivity contribution in [3.05, 3.63) is 35.3 Å². The van der Waals surface area contributed by atoms with Crippen LogP contribution >= 0.6 is 0 Å². The number of hydrogen-bond acceptors (Lipinski definition) is 6. The quantitative estimate of drug-likeness (QED) is 0.385. The van der Waals surface area contributed by atoms with Crippen molar-refractivity contribution in [2.24, 2.45) is 0 Å². The Morgan fingerprint density at radius 2 is 1.62 bits per heavy atom. The van der Waals surface area contributed by atoms with Crippen LogP contribution in [0.2, 0.25) is 0 Å². The van der Waals surface area contributed by atoms with Gasteiger partial charge in [-0.15, -0.1) is 5.10 Å². The van der Waals surface area contributed by atoms with Gasteiger partial charge in [0.25, 0.3) is 0 Å². The van der Waals surface area contributed by atoms with E-state index in [9.17, 15) is 0 Å². The molecule has 3 aromatic rings. The minimum absolute atomic E-state index is 0.224. The molecular formula is C30H43N5O2. The topological polar surface area (TPSA) is 64.4 Å². The maximum atomic E-state index is 5.81. The molecule has 1 aromatic carbocycles. The lowest BCUT2D eigenvalue weighted by atomic mass is 9.79. The zero-order valence-electron chi connectivity index (χ0n) is 23.3. The first kappa shape index (κ1) is 25.8. The first-order chi connectivity index (χ1) is 18.0. The van der Waals surface area contributed by atoms with Crippen LogP contribution in [0.1, 0.15) is 75.4 Å². The van der Waals surface area contributed by atoms with Gasteiger partial charge >= 0.3 is 0 Å².